The third-order valence-electron chi connectivity index (χ3n) is 6.84. The maximum absolute atomic E-state index is 5.51. The van der Waals surface area contributed by atoms with Crippen LogP contribution in [0.4, 0.5) is 5.82 Å². The molecule has 1 aromatic carbocycles. The lowest BCUT2D eigenvalue weighted by Gasteiger charge is -2.33. The maximum Gasteiger partial charge on any atom is 0.147 e. The zero-order valence-electron chi connectivity index (χ0n) is 19.8. The summed E-state index contributed by atoms with van der Waals surface area (Å²) in [5.41, 5.74) is 6.46. The molecule has 0 bridgehead atoms. The van der Waals surface area contributed by atoms with Crippen molar-refractivity contribution in [3.05, 3.63) is 76.5 Å². The number of piperidine rings is 1. The second kappa shape index (κ2) is 9.33. The van der Waals surface area contributed by atoms with E-state index in [2.05, 4.69) is 58.1 Å². The highest BCUT2D eigenvalue weighted by Gasteiger charge is 2.26. The van der Waals surface area contributed by atoms with Gasteiger partial charge in [0.2, 0.25) is 0 Å². The number of nitrogens with zero attached hydrogens (tertiary/aromatic N) is 5. The van der Waals surface area contributed by atoms with Gasteiger partial charge in [-0.3, -0.25) is 4.98 Å². The van der Waals surface area contributed by atoms with Crippen molar-refractivity contribution >= 4 is 5.82 Å². The number of hydrogen-bond donors (Lipinski definition) is 0. The second-order valence-electron chi connectivity index (χ2n) is 9.18. The van der Waals surface area contributed by atoms with Gasteiger partial charge in [0.15, 0.2) is 0 Å². The normalized spacial score (nSPS) is 15.2. The van der Waals surface area contributed by atoms with Crippen LogP contribution in [0.2, 0.25) is 0 Å². The molecule has 0 amide bonds. The quantitative estimate of drug-likeness (QED) is 0.562. The Labute approximate surface area is 191 Å². The molecule has 0 saturated carbocycles. The van der Waals surface area contributed by atoms with Crippen molar-refractivity contribution in [3.63, 3.8) is 0 Å². The smallest absolute Gasteiger partial charge is 0.147 e. The van der Waals surface area contributed by atoms with Gasteiger partial charge in [-0.05, 0) is 57.2 Å². The molecule has 1 aliphatic rings. The summed E-state index contributed by atoms with van der Waals surface area (Å²) < 4.78 is 5.51. The van der Waals surface area contributed by atoms with E-state index in [0.717, 1.165) is 55.3 Å². The molecule has 0 unspecified atom stereocenters. The Kier molecular flexibility index (Phi) is 6.51. The van der Waals surface area contributed by atoms with Crippen molar-refractivity contribution in [1.29, 1.82) is 0 Å². The van der Waals surface area contributed by atoms with E-state index in [9.17, 15) is 0 Å². The molecule has 1 aliphatic heterocycles. The van der Waals surface area contributed by atoms with Gasteiger partial charge in [0.25, 0.3) is 0 Å². The van der Waals surface area contributed by atoms with Crippen molar-refractivity contribution in [2.24, 2.45) is 0 Å². The maximum atomic E-state index is 5.51. The highest BCUT2D eigenvalue weighted by atomic mass is 16.5. The zero-order chi connectivity index (χ0) is 22.7. The molecule has 0 N–H and O–H groups in total. The molecule has 6 nitrogen and oxygen atoms in total. The summed E-state index contributed by atoms with van der Waals surface area (Å²) in [6.07, 6.45) is 6.60. The van der Waals surface area contributed by atoms with Crippen molar-refractivity contribution < 1.29 is 4.74 Å². The van der Waals surface area contributed by atoms with E-state index in [1.807, 2.05) is 32.3 Å². The molecule has 3 heterocycles. The van der Waals surface area contributed by atoms with E-state index in [0.29, 0.717) is 5.92 Å². The molecule has 1 saturated heterocycles. The molecule has 6 heteroatoms. The SMILES string of the molecule is COC(C)(C)c1cnc(N2CCC(c3nnc(Cc4ccccc4)c(C)c3C)CC2)cn1. The number of hydrogen-bond acceptors (Lipinski definition) is 6. The predicted octanol–water partition coefficient (Wildman–Crippen LogP) is 4.74. The zero-order valence-corrected chi connectivity index (χ0v) is 19.8. The van der Waals surface area contributed by atoms with Crippen molar-refractivity contribution in [3.8, 4) is 0 Å². The standard InChI is InChI=1S/C26H33N5O/c1-18-19(2)25(30-29-22(18)15-20-9-7-6-8-10-20)21-11-13-31(14-12-21)24-17-27-23(16-28-24)26(3,4)32-5/h6-10,16-17,21H,11-15H2,1-5H3. The van der Waals surface area contributed by atoms with Gasteiger partial charge >= 0.3 is 0 Å². The Morgan fingerprint density at radius 3 is 2.31 bits per heavy atom. The topological polar surface area (TPSA) is 64.0 Å². The molecule has 32 heavy (non-hydrogen) atoms. The van der Waals surface area contributed by atoms with Gasteiger partial charge in [0, 0.05) is 32.5 Å². The van der Waals surface area contributed by atoms with Crippen LogP contribution in [-0.4, -0.2) is 40.4 Å². The van der Waals surface area contributed by atoms with Crippen LogP contribution in [0.15, 0.2) is 42.7 Å². The van der Waals surface area contributed by atoms with Crippen LogP contribution in [0.5, 0.6) is 0 Å². The molecule has 0 atom stereocenters. The minimum Gasteiger partial charge on any atom is -0.372 e. The summed E-state index contributed by atoms with van der Waals surface area (Å²) >= 11 is 0. The predicted molar refractivity (Wildman–Crippen MR) is 127 cm³/mol. The van der Waals surface area contributed by atoms with E-state index in [1.165, 1.54) is 16.7 Å². The van der Waals surface area contributed by atoms with Crippen LogP contribution in [-0.2, 0) is 16.8 Å². The first-order chi connectivity index (χ1) is 15.4. The van der Waals surface area contributed by atoms with Gasteiger partial charge in [-0.2, -0.15) is 10.2 Å². The largest absolute Gasteiger partial charge is 0.372 e. The van der Waals surface area contributed by atoms with E-state index in [4.69, 9.17) is 9.84 Å². The fourth-order valence-corrected chi connectivity index (χ4v) is 4.30. The van der Waals surface area contributed by atoms with Crippen LogP contribution in [0.25, 0.3) is 0 Å². The summed E-state index contributed by atoms with van der Waals surface area (Å²) in [5, 5.41) is 9.32. The van der Waals surface area contributed by atoms with E-state index >= 15 is 0 Å². The van der Waals surface area contributed by atoms with Crippen molar-refractivity contribution in [2.75, 3.05) is 25.1 Å². The third kappa shape index (κ3) is 4.65. The van der Waals surface area contributed by atoms with Gasteiger partial charge in [0.05, 0.1) is 29.5 Å². The fraction of sp³-hybridized carbons (Fsp3) is 0.462. The molecule has 168 valence electrons. The lowest BCUT2D eigenvalue weighted by molar-refractivity contribution is 0.0152. The molecular weight excluding hydrogens is 398 g/mol. The molecule has 0 spiro atoms. The molecule has 3 aromatic rings. The Morgan fingerprint density at radius 2 is 1.69 bits per heavy atom. The summed E-state index contributed by atoms with van der Waals surface area (Å²) in [4.78, 5) is 11.6. The number of methoxy groups -OCH3 is 1. The molecule has 2 aromatic heterocycles. The summed E-state index contributed by atoms with van der Waals surface area (Å²) in [6, 6.07) is 10.5. The third-order valence-corrected chi connectivity index (χ3v) is 6.84. The average Bonchev–Trinajstić information content (AvgIpc) is 2.83. The fourth-order valence-electron chi connectivity index (χ4n) is 4.30. The number of ether oxygens (including phenoxy) is 1. The number of rotatable bonds is 6. The van der Waals surface area contributed by atoms with Crippen LogP contribution < -0.4 is 4.90 Å². The van der Waals surface area contributed by atoms with Crippen LogP contribution in [0, 0.1) is 13.8 Å². The molecule has 0 radical (unpaired) electrons. The van der Waals surface area contributed by atoms with Crippen LogP contribution >= 0.6 is 0 Å². The van der Waals surface area contributed by atoms with Crippen molar-refractivity contribution in [1.82, 2.24) is 20.2 Å². The minimum atomic E-state index is -0.431. The number of anilines is 1. The van der Waals surface area contributed by atoms with Gasteiger partial charge in [0.1, 0.15) is 11.4 Å². The van der Waals surface area contributed by atoms with Gasteiger partial charge < -0.3 is 9.64 Å². The highest BCUT2D eigenvalue weighted by molar-refractivity contribution is 5.39. The van der Waals surface area contributed by atoms with E-state index in [-0.39, 0.29) is 0 Å². The molecule has 4 rings (SSSR count). The lowest BCUT2D eigenvalue weighted by atomic mass is 9.89. The Hall–Kier alpha value is -2.86. The summed E-state index contributed by atoms with van der Waals surface area (Å²) in [5.74, 6) is 1.36. The van der Waals surface area contributed by atoms with Crippen LogP contribution in [0.1, 0.15) is 66.4 Å². The van der Waals surface area contributed by atoms with Crippen molar-refractivity contribution in [2.45, 2.75) is 58.5 Å². The Balaban J connectivity index is 1.42. The van der Waals surface area contributed by atoms with Gasteiger partial charge in [-0.15, -0.1) is 0 Å². The number of benzene rings is 1. The summed E-state index contributed by atoms with van der Waals surface area (Å²) in [6.45, 7) is 10.3. The van der Waals surface area contributed by atoms with Gasteiger partial charge in [-0.1, -0.05) is 30.3 Å². The first-order valence-corrected chi connectivity index (χ1v) is 11.4. The monoisotopic (exact) mass is 431 g/mol. The molecule has 0 aliphatic carbocycles. The minimum absolute atomic E-state index is 0.431. The molecule has 1 fully saturated rings. The Morgan fingerprint density at radius 1 is 0.969 bits per heavy atom. The van der Waals surface area contributed by atoms with E-state index < -0.39 is 5.60 Å². The summed E-state index contributed by atoms with van der Waals surface area (Å²) in [7, 11) is 1.70. The average molecular weight is 432 g/mol. The van der Waals surface area contributed by atoms with E-state index in [1.54, 1.807) is 7.11 Å². The Bertz CT molecular complexity index is 1040. The first-order valence-electron chi connectivity index (χ1n) is 11.4. The van der Waals surface area contributed by atoms with Gasteiger partial charge in [-0.25, -0.2) is 4.98 Å². The van der Waals surface area contributed by atoms with Crippen LogP contribution in [0.3, 0.4) is 0 Å². The first kappa shape index (κ1) is 22.3. The highest BCUT2D eigenvalue weighted by Crippen LogP contribution is 2.32. The second-order valence-corrected chi connectivity index (χ2v) is 9.18. The lowest BCUT2D eigenvalue weighted by Crippen LogP contribution is -2.34. The molecular formula is C26H33N5O. The number of aromatic nitrogens is 4.